The Morgan fingerprint density at radius 1 is 1.42 bits per heavy atom. The molecule has 1 saturated heterocycles. The summed E-state index contributed by atoms with van der Waals surface area (Å²) >= 11 is 1.55. The number of nitrogens with zero attached hydrogens (tertiary/aromatic N) is 2. The van der Waals surface area contributed by atoms with E-state index in [0.717, 1.165) is 4.90 Å². The molecule has 24 heavy (non-hydrogen) atoms. The predicted molar refractivity (Wildman–Crippen MR) is 89.5 cm³/mol. The molecular formula is C16H19N3O4S. The summed E-state index contributed by atoms with van der Waals surface area (Å²) < 4.78 is 5.07. The van der Waals surface area contributed by atoms with Crippen LogP contribution in [-0.2, 0) is 14.3 Å². The minimum atomic E-state index is -0.928. The van der Waals surface area contributed by atoms with Crippen molar-refractivity contribution in [3.05, 3.63) is 30.3 Å². The molecule has 0 spiro atoms. The lowest BCUT2D eigenvalue weighted by molar-refractivity contribution is -0.150. The molecule has 4 atom stereocenters. The molecule has 2 aliphatic rings. The van der Waals surface area contributed by atoms with Gasteiger partial charge in [-0.2, -0.15) is 5.10 Å². The van der Waals surface area contributed by atoms with Gasteiger partial charge in [0.2, 0.25) is 0 Å². The molecule has 0 bridgehead atoms. The maximum Gasteiger partial charge on any atom is 0.320 e. The third kappa shape index (κ3) is 3.39. The number of fused-ring (bicyclic) bond motifs is 1. The van der Waals surface area contributed by atoms with E-state index < -0.39 is 30.1 Å². The van der Waals surface area contributed by atoms with Crippen molar-refractivity contribution in [3.63, 3.8) is 0 Å². The lowest BCUT2D eigenvalue weighted by Gasteiger charge is -2.41. The number of ether oxygens (including phenoxy) is 1. The maximum atomic E-state index is 12.1. The Balaban J connectivity index is 1.80. The van der Waals surface area contributed by atoms with Crippen molar-refractivity contribution < 1.29 is 19.4 Å². The number of aliphatic carboxylic acids is 1. The highest BCUT2D eigenvalue weighted by Gasteiger charge is 2.46. The van der Waals surface area contributed by atoms with Crippen molar-refractivity contribution >= 4 is 29.9 Å². The van der Waals surface area contributed by atoms with E-state index >= 15 is 0 Å². The molecule has 0 radical (unpaired) electrons. The van der Waals surface area contributed by atoms with Crippen LogP contribution in [0.15, 0.2) is 40.3 Å². The number of carbonyl (C=O) groups is 2. The molecule has 3 rings (SSSR count). The smallest absolute Gasteiger partial charge is 0.320 e. The van der Waals surface area contributed by atoms with Gasteiger partial charge in [0.05, 0.1) is 6.61 Å². The fourth-order valence-electron chi connectivity index (χ4n) is 2.84. The number of carbonyl (C=O) groups excluding carboxylic acids is 1. The Morgan fingerprint density at radius 2 is 2.17 bits per heavy atom. The highest BCUT2D eigenvalue weighted by molar-refractivity contribution is 7.99. The van der Waals surface area contributed by atoms with Crippen molar-refractivity contribution in [2.75, 3.05) is 6.61 Å². The van der Waals surface area contributed by atoms with Crippen molar-refractivity contribution in [2.24, 2.45) is 11.0 Å². The van der Waals surface area contributed by atoms with E-state index in [1.165, 1.54) is 0 Å². The minimum Gasteiger partial charge on any atom is -0.480 e. The number of hydrogen-bond acceptors (Lipinski definition) is 7. The molecule has 2 N–H and O–H groups in total. The van der Waals surface area contributed by atoms with E-state index in [4.69, 9.17) is 4.74 Å². The zero-order valence-corrected chi connectivity index (χ0v) is 14.0. The van der Waals surface area contributed by atoms with Crippen LogP contribution in [-0.4, -0.2) is 52.5 Å². The van der Waals surface area contributed by atoms with Gasteiger partial charge in [-0.3, -0.25) is 19.9 Å². The van der Waals surface area contributed by atoms with Crippen LogP contribution < -0.4 is 5.32 Å². The largest absolute Gasteiger partial charge is 0.480 e. The lowest BCUT2D eigenvalue weighted by atomic mass is 10.0. The molecule has 0 aromatic heterocycles. The third-order valence-corrected chi connectivity index (χ3v) is 5.19. The van der Waals surface area contributed by atoms with Gasteiger partial charge in [0.25, 0.3) is 0 Å². The molecular weight excluding hydrogens is 330 g/mol. The summed E-state index contributed by atoms with van der Waals surface area (Å²) in [5.74, 6) is -1.93. The van der Waals surface area contributed by atoms with Gasteiger partial charge in [0.15, 0.2) is 0 Å². The summed E-state index contributed by atoms with van der Waals surface area (Å²) in [6.45, 7) is 2.02. The molecule has 1 aromatic rings. The molecule has 0 saturated carbocycles. The first kappa shape index (κ1) is 16.8. The van der Waals surface area contributed by atoms with Gasteiger partial charge in [-0.15, -0.1) is 0 Å². The van der Waals surface area contributed by atoms with E-state index in [1.807, 2.05) is 30.3 Å². The second-order valence-corrected chi connectivity index (χ2v) is 6.80. The van der Waals surface area contributed by atoms with E-state index in [0.29, 0.717) is 6.42 Å². The van der Waals surface area contributed by atoms with Gasteiger partial charge in [-0.25, -0.2) is 0 Å². The number of hydrazone groups is 1. The molecule has 1 fully saturated rings. The molecule has 0 amide bonds. The number of esters is 1. The third-order valence-electron chi connectivity index (χ3n) is 3.96. The normalized spacial score (nSPS) is 28.5. The van der Waals surface area contributed by atoms with Crippen molar-refractivity contribution in [2.45, 2.75) is 35.8 Å². The Kier molecular flexibility index (Phi) is 5.06. The molecule has 7 nitrogen and oxygen atoms in total. The van der Waals surface area contributed by atoms with Crippen LogP contribution in [0.3, 0.4) is 0 Å². The molecule has 1 aromatic carbocycles. The monoisotopic (exact) mass is 349 g/mol. The van der Waals surface area contributed by atoms with Crippen LogP contribution in [0, 0.1) is 5.92 Å². The first-order valence-corrected chi connectivity index (χ1v) is 8.67. The summed E-state index contributed by atoms with van der Waals surface area (Å²) in [6, 6.07) is 9.01. The molecule has 2 aliphatic heterocycles. The summed E-state index contributed by atoms with van der Waals surface area (Å²) in [7, 11) is 0. The second kappa shape index (κ2) is 7.23. The Hall–Kier alpha value is -2.06. The zero-order valence-electron chi connectivity index (χ0n) is 13.2. The van der Waals surface area contributed by atoms with Gasteiger partial charge in [0, 0.05) is 17.5 Å². The number of hydrogen-bond donors (Lipinski definition) is 2. The van der Waals surface area contributed by atoms with Crippen LogP contribution >= 0.6 is 11.8 Å². The summed E-state index contributed by atoms with van der Waals surface area (Å²) in [4.78, 5) is 24.6. The molecule has 0 aliphatic carbocycles. The maximum absolute atomic E-state index is 12.1. The van der Waals surface area contributed by atoms with Gasteiger partial charge in [-0.1, -0.05) is 30.0 Å². The summed E-state index contributed by atoms with van der Waals surface area (Å²) in [6.07, 6.45) is 1.43. The lowest BCUT2D eigenvalue weighted by Crippen LogP contribution is -2.61. The minimum absolute atomic E-state index is 0.171. The topological polar surface area (TPSA) is 91.2 Å². The van der Waals surface area contributed by atoms with Crippen molar-refractivity contribution in [1.82, 2.24) is 10.3 Å². The second-order valence-electron chi connectivity index (χ2n) is 5.55. The number of carboxylic acid groups (broad SMARTS) is 1. The highest BCUT2D eigenvalue weighted by atomic mass is 32.2. The van der Waals surface area contributed by atoms with E-state index in [-0.39, 0.29) is 12.0 Å². The standard InChI is InChI=1S/C16H19N3O4S/c1-2-23-16(22)11-9-17-19-13(24-10-6-4-3-5-7-10)8-12(15(20)21)18-14(11)19/h3-7,9,11-14,18H,2,8H2,1H3,(H,20,21). The van der Waals surface area contributed by atoms with Gasteiger partial charge in [0.1, 0.15) is 23.5 Å². The predicted octanol–water partition coefficient (Wildman–Crippen LogP) is 1.36. The van der Waals surface area contributed by atoms with Crippen LogP contribution in [0.5, 0.6) is 0 Å². The Labute approximate surface area is 144 Å². The Bertz CT molecular complexity index is 639. The molecule has 4 unspecified atom stereocenters. The number of thioether (sulfide) groups is 1. The zero-order chi connectivity index (χ0) is 17.1. The van der Waals surface area contributed by atoms with Crippen molar-refractivity contribution in [3.8, 4) is 0 Å². The van der Waals surface area contributed by atoms with E-state index in [2.05, 4.69) is 10.4 Å². The van der Waals surface area contributed by atoms with Crippen LogP contribution in [0.4, 0.5) is 0 Å². The number of nitrogens with one attached hydrogen (secondary N) is 1. The van der Waals surface area contributed by atoms with Crippen LogP contribution in [0.25, 0.3) is 0 Å². The Morgan fingerprint density at radius 3 is 2.83 bits per heavy atom. The van der Waals surface area contributed by atoms with Gasteiger partial charge in [-0.05, 0) is 19.1 Å². The fourth-order valence-corrected chi connectivity index (χ4v) is 4.05. The number of carboxylic acids is 1. The summed E-state index contributed by atoms with van der Waals surface area (Å²) in [5.41, 5.74) is 0. The summed E-state index contributed by atoms with van der Waals surface area (Å²) in [5, 5.41) is 18.4. The van der Waals surface area contributed by atoms with E-state index in [1.54, 1.807) is 29.9 Å². The number of benzene rings is 1. The number of rotatable bonds is 5. The molecule has 8 heteroatoms. The average molecular weight is 349 g/mol. The van der Waals surface area contributed by atoms with Gasteiger partial charge < -0.3 is 9.84 Å². The quantitative estimate of drug-likeness (QED) is 0.776. The van der Waals surface area contributed by atoms with Crippen molar-refractivity contribution in [1.29, 1.82) is 0 Å². The first-order valence-electron chi connectivity index (χ1n) is 7.79. The first-order chi connectivity index (χ1) is 11.6. The highest BCUT2D eigenvalue weighted by Crippen LogP contribution is 2.36. The molecule has 128 valence electrons. The average Bonchev–Trinajstić information content (AvgIpc) is 3.00. The fraction of sp³-hybridized carbons (Fsp3) is 0.438. The van der Waals surface area contributed by atoms with Crippen LogP contribution in [0.2, 0.25) is 0 Å². The SMILES string of the molecule is CCOC(=O)C1C=NN2C(Sc3ccccc3)CC(C(=O)O)NC12. The van der Waals surface area contributed by atoms with E-state index in [9.17, 15) is 14.7 Å². The molecule has 2 heterocycles. The van der Waals surface area contributed by atoms with Gasteiger partial charge >= 0.3 is 11.9 Å². The van der Waals surface area contributed by atoms with Crippen LogP contribution in [0.1, 0.15) is 13.3 Å².